The predicted molar refractivity (Wildman–Crippen MR) is 121 cm³/mol. The Morgan fingerprint density at radius 2 is 1.35 bits per heavy atom. The molecule has 0 saturated carbocycles. The fraction of sp³-hybridized carbons (Fsp3) is 0. The molecule has 0 aliphatic heterocycles. The molecule has 0 spiro atoms. The number of aromatic nitrogens is 2. The van der Waals surface area contributed by atoms with Crippen LogP contribution in [0.1, 0.15) is 20.7 Å². The second-order valence-electron chi connectivity index (χ2n) is 6.61. The van der Waals surface area contributed by atoms with Crippen molar-refractivity contribution in [2.75, 3.05) is 10.6 Å². The van der Waals surface area contributed by atoms with Gasteiger partial charge in [-0.25, -0.2) is 4.98 Å². The smallest absolute Gasteiger partial charge is 0.256 e. The van der Waals surface area contributed by atoms with Crippen LogP contribution in [0.4, 0.5) is 11.5 Å². The standard InChI is InChI=1S/C24H17ClN4O2/c25-20-12-11-18(15-19(20)21-5-1-3-13-26-21)28-23(30)16-7-9-17(10-8-16)24(31)29-22-6-2-4-14-27-22/h1-15H,(H,28,30)(H,27,29,31). The summed E-state index contributed by atoms with van der Waals surface area (Å²) in [6.45, 7) is 0. The van der Waals surface area contributed by atoms with E-state index in [1.54, 1.807) is 73.1 Å². The van der Waals surface area contributed by atoms with Crippen LogP contribution >= 0.6 is 11.6 Å². The minimum absolute atomic E-state index is 0.300. The van der Waals surface area contributed by atoms with Gasteiger partial charge in [0.1, 0.15) is 5.82 Å². The summed E-state index contributed by atoms with van der Waals surface area (Å²) in [5.74, 6) is -0.143. The lowest BCUT2D eigenvalue weighted by Crippen LogP contribution is -2.14. The molecule has 2 N–H and O–H groups in total. The molecule has 0 aliphatic carbocycles. The highest BCUT2D eigenvalue weighted by atomic mass is 35.5. The number of pyridine rings is 2. The van der Waals surface area contributed by atoms with Gasteiger partial charge in [-0.1, -0.05) is 23.7 Å². The number of amides is 2. The van der Waals surface area contributed by atoms with Gasteiger partial charge in [0, 0.05) is 34.8 Å². The molecule has 31 heavy (non-hydrogen) atoms. The molecule has 7 heteroatoms. The number of nitrogens with one attached hydrogen (secondary N) is 2. The van der Waals surface area contributed by atoms with Crippen LogP contribution in [-0.2, 0) is 0 Å². The highest BCUT2D eigenvalue weighted by Gasteiger charge is 2.12. The molecule has 2 amide bonds. The van der Waals surface area contributed by atoms with E-state index in [2.05, 4.69) is 20.6 Å². The van der Waals surface area contributed by atoms with Crippen molar-refractivity contribution in [1.82, 2.24) is 9.97 Å². The van der Waals surface area contributed by atoms with E-state index in [0.717, 1.165) is 5.56 Å². The van der Waals surface area contributed by atoms with Gasteiger partial charge < -0.3 is 10.6 Å². The monoisotopic (exact) mass is 428 g/mol. The zero-order valence-electron chi connectivity index (χ0n) is 16.2. The van der Waals surface area contributed by atoms with E-state index in [4.69, 9.17) is 11.6 Å². The lowest BCUT2D eigenvalue weighted by atomic mass is 10.1. The minimum Gasteiger partial charge on any atom is -0.322 e. The number of halogens is 1. The maximum absolute atomic E-state index is 12.6. The molecule has 6 nitrogen and oxygen atoms in total. The van der Waals surface area contributed by atoms with E-state index in [1.807, 2.05) is 18.2 Å². The van der Waals surface area contributed by atoms with Crippen LogP contribution in [0, 0.1) is 0 Å². The number of carbonyl (C=O) groups excluding carboxylic acids is 2. The molecule has 0 bridgehead atoms. The molecule has 4 aromatic rings. The second kappa shape index (κ2) is 9.19. The number of rotatable bonds is 5. The summed E-state index contributed by atoms with van der Waals surface area (Å²) in [7, 11) is 0. The van der Waals surface area contributed by atoms with E-state index in [1.165, 1.54) is 0 Å². The number of hydrogen-bond donors (Lipinski definition) is 2. The van der Waals surface area contributed by atoms with E-state index in [9.17, 15) is 9.59 Å². The Morgan fingerprint density at radius 1 is 0.710 bits per heavy atom. The van der Waals surface area contributed by atoms with Gasteiger partial charge in [0.25, 0.3) is 11.8 Å². The van der Waals surface area contributed by atoms with Gasteiger partial charge in [-0.15, -0.1) is 0 Å². The zero-order valence-corrected chi connectivity index (χ0v) is 17.0. The quantitative estimate of drug-likeness (QED) is 0.451. The number of benzene rings is 2. The second-order valence-corrected chi connectivity index (χ2v) is 7.02. The third-order valence-corrected chi connectivity index (χ3v) is 4.81. The normalized spacial score (nSPS) is 10.4. The first-order chi connectivity index (χ1) is 15.1. The Bertz CT molecular complexity index is 1210. The van der Waals surface area contributed by atoms with Crippen LogP contribution in [-0.4, -0.2) is 21.8 Å². The number of hydrogen-bond acceptors (Lipinski definition) is 4. The Hall–Kier alpha value is -4.03. The number of anilines is 2. The molecule has 152 valence electrons. The molecular formula is C24H17ClN4O2. The average molecular weight is 429 g/mol. The molecule has 2 aromatic carbocycles. The van der Waals surface area contributed by atoms with Gasteiger partial charge in [0.2, 0.25) is 0 Å². The first kappa shape index (κ1) is 20.3. The largest absolute Gasteiger partial charge is 0.322 e. The molecule has 2 aromatic heterocycles. The van der Waals surface area contributed by atoms with Gasteiger partial charge in [-0.3, -0.25) is 14.6 Å². The molecule has 0 unspecified atom stereocenters. The highest BCUT2D eigenvalue weighted by molar-refractivity contribution is 6.33. The van der Waals surface area contributed by atoms with E-state index < -0.39 is 0 Å². The molecular weight excluding hydrogens is 412 g/mol. The molecule has 2 heterocycles. The van der Waals surface area contributed by atoms with Gasteiger partial charge in [-0.05, 0) is 66.7 Å². The maximum atomic E-state index is 12.6. The summed E-state index contributed by atoms with van der Waals surface area (Å²) in [5.41, 5.74) is 2.87. The first-order valence-electron chi connectivity index (χ1n) is 9.45. The maximum Gasteiger partial charge on any atom is 0.256 e. The number of carbonyl (C=O) groups is 2. The van der Waals surface area contributed by atoms with Crippen molar-refractivity contribution in [1.29, 1.82) is 0 Å². The van der Waals surface area contributed by atoms with Crippen molar-refractivity contribution in [2.45, 2.75) is 0 Å². The Balaban J connectivity index is 1.46. The van der Waals surface area contributed by atoms with Crippen LogP contribution in [0.2, 0.25) is 5.02 Å². The van der Waals surface area contributed by atoms with E-state index >= 15 is 0 Å². The van der Waals surface area contributed by atoms with Crippen molar-refractivity contribution >= 4 is 34.9 Å². The summed E-state index contributed by atoms with van der Waals surface area (Å²) in [6, 6.07) is 22.4. The SMILES string of the molecule is O=C(Nc1ccc(Cl)c(-c2ccccn2)c1)c1ccc(C(=O)Nc2ccccn2)cc1. The first-order valence-corrected chi connectivity index (χ1v) is 9.83. The third-order valence-electron chi connectivity index (χ3n) is 4.48. The summed E-state index contributed by atoms with van der Waals surface area (Å²) in [6.07, 6.45) is 3.28. The Labute approximate surface area is 183 Å². The van der Waals surface area contributed by atoms with E-state index in [-0.39, 0.29) is 11.8 Å². The van der Waals surface area contributed by atoms with Crippen LogP contribution in [0.3, 0.4) is 0 Å². The van der Waals surface area contributed by atoms with Gasteiger partial charge in [-0.2, -0.15) is 0 Å². The summed E-state index contributed by atoms with van der Waals surface area (Å²) in [5, 5.41) is 6.09. The topological polar surface area (TPSA) is 84.0 Å². The van der Waals surface area contributed by atoms with Crippen molar-refractivity contribution in [3.8, 4) is 11.3 Å². The van der Waals surface area contributed by atoms with Crippen LogP contribution in [0.15, 0.2) is 91.3 Å². The van der Waals surface area contributed by atoms with Crippen molar-refractivity contribution in [3.63, 3.8) is 0 Å². The van der Waals surface area contributed by atoms with Crippen molar-refractivity contribution in [2.24, 2.45) is 0 Å². The molecule has 4 rings (SSSR count). The molecule has 0 atom stereocenters. The fourth-order valence-corrected chi connectivity index (χ4v) is 3.14. The molecule has 0 radical (unpaired) electrons. The summed E-state index contributed by atoms with van der Waals surface area (Å²) < 4.78 is 0. The van der Waals surface area contributed by atoms with Crippen LogP contribution in [0.25, 0.3) is 11.3 Å². The van der Waals surface area contributed by atoms with Crippen molar-refractivity contribution in [3.05, 3.63) is 107 Å². The highest BCUT2D eigenvalue weighted by Crippen LogP contribution is 2.29. The third kappa shape index (κ3) is 4.94. The zero-order chi connectivity index (χ0) is 21.6. The molecule has 0 saturated heterocycles. The molecule has 0 fully saturated rings. The minimum atomic E-state index is -0.302. The van der Waals surface area contributed by atoms with Crippen molar-refractivity contribution < 1.29 is 9.59 Å². The van der Waals surface area contributed by atoms with Crippen LogP contribution in [0.5, 0.6) is 0 Å². The lowest BCUT2D eigenvalue weighted by molar-refractivity contribution is 0.101. The van der Waals surface area contributed by atoms with E-state index in [0.29, 0.717) is 33.3 Å². The van der Waals surface area contributed by atoms with Gasteiger partial charge in [0.15, 0.2) is 0 Å². The summed E-state index contributed by atoms with van der Waals surface area (Å²) >= 11 is 6.29. The predicted octanol–water partition coefficient (Wildman–Crippen LogP) is 5.30. The van der Waals surface area contributed by atoms with Gasteiger partial charge in [0.05, 0.1) is 10.7 Å². The molecule has 0 aliphatic rings. The summed E-state index contributed by atoms with van der Waals surface area (Å²) in [4.78, 5) is 33.3. The van der Waals surface area contributed by atoms with Crippen LogP contribution < -0.4 is 10.6 Å². The fourth-order valence-electron chi connectivity index (χ4n) is 2.92. The Kier molecular flexibility index (Phi) is 6.01. The Morgan fingerprint density at radius 3 is 1.97 bits per heavy atom. The average Bonchev–Trinajstić information content (AvgIpc) is 2.81. The number of nitrogens with zero attached hydrogens (tertiary/aromatic N) is 2. The van der Waals surface area contributed by atoms with Gasteiger partial charge >= 0.3 is 0 Å². The lowest BCUT2D eigenvalue weighted by Gasteiger charge is -2.10.